The van der Waals surface area contributed by atoms with E-state index in [-0.39, 0.29) is 29.7 Å². The van der Waals surface area contributed by atoms with Gasteiger partial charge in [0.15, 0.2) is 11.5 Å². The Bertz CT molecular complexity index is 1340. The Balaban J connectivity index is 1.82. The SMILES string of the molecule is CCOc1cc(/C=N\Nc2ccc(C(F)(F)F)cc2[N+](=O)[O-])cc(Cl)c1OCc1ccccc1C#N. The van der Waals surface area contributed by atoms with Crippen molar-refractivity contribution >= 4 is 29.2 Å². The van der Waals surface area contributed by atoms with Crippen LogP contribution in [0.25, 0.3) is 0 Å². The minimum Gasteiger partial charge on any atom is -0.490 e. The molecule has 0 aliphatic carbocycles. The maximum absolute atomic E-state index is 12.9. The quantitative estimate of drug-likeness (QED) is 0.195. The van der Waals surface area contributed by atoms with Gasteiger partial charge in [-0.05, 0) is 42.8 Å². The van der Waals surface area contributed by atoms with Crippen molar-refractivity contribution in [1.82, 2.24) is 0 Å². The van der Waals surface area contributed by atoms with Gasteiger partial charge in [0.1, 0.15) is 12.3 Å². The lowest BCUT2D eigenvalue weighted by Gasteiger charge is -2.15. The fourth-order valence-electron chi connectivity index (χ4n) is 3.10. The number of nitrogens with zero attached hydrogens (tertiary/aromatic N) is 3. The molecule has 0 saturated heterocycles. The molecule has 0 aromatic heterocycles. The average molecular weight is 519 g/mol. The lowest BCUT2D eigenvalue weighted by Crippen LogP contribution is -2.06. The van der Waals surface area contributed by atoms with E-state index >= 15 is 0 Å². The van der Waals surface area contributed by atoms with E-state index in [9.17, 15) is 28.5 Å². The average Bonchev–Trinajstić information content (AvgIpc) is 2.83. The Labute approximate surface area is 208 Å². The van der Waals surface area contributed by atoms with Gasteiger partial charge in [0.05, 0.1) is 40.0 Å². The molecule has 12 heteroatoms. The summed E-state index contributed by atoms with van der Waals surface area (Å²) in [5, 5.41) is 24.5. The van der Waals surface area contributed by atoms with E-state index in [0.717, 1.165) is 6.07 Å². The zero-order valence-corrected chi connectivity index (χ0v) is 19.4. The summed E-state index contributed by atoms with van der Waals surface area (Å²) in [6.45, 7) is 2.11. The van der Waals surface area contributed by atoms with Crippen molar-refractivity contribution in [3.8, 4) is 17.6 Å². The first kappa shape index (κ1) is 26.3. The number of hydrogen-bond donors (Lipinski definition) is 1. The van der Waals surface area contributed by atoms with Crippen LogP contribution in [0.2, 0.25) is 5.02 Å². The maximum Gasteiger partial charge on any atom is 0.416 e. The number of alkyl halides is 3. The van der Waals surface area contributed by atoms with Crippen LogP contribution in [0.15, 0.2) is 59.7 Å². The maximum atomic E-state index is 12.9. The van der Waals surface area contributed by atoms with Crippen LogP contribution >= 0.6 is 11.6 Å². The van der Waals surface area contributed by atoms with Crippen LogP contribution in [0.4, 0.5) is 24.5 Å². The molecule has 3 rings (SSSR count). The molecule has 0 amide bonds. The van der Waals surface area contributed by atoms with Crippen LogP contribution in [-0.2, 0) is 12.8 Å². The van der Waals surface area contributed by atoms with E-state index in [2.05, 4.69) is 16.6 Å². The second-order valence-electron chi connectivity index (χ2n) is 7.18. The smallest absolute Gasteiger partial charge is 0.416 e. The monoisotopic (exact) mass is 518 g/mol. The first-order chi connectivity index (χ1) is 17.1. The fraction of sp³-hybridized carbons (Fsp3) is 0.167. The molecular weight excluding hydrogens is 501 g/mol. The summed E-state index contributed by atoms with van der Waals surface area (Å²) in [5.74, 6) is 0.538. The normalized spacial score (nSPS) is 11.2. The molecule has 0 unspecified atom stereocenters. The standard InChI is InChI=1S/C24H18ClF3N4O4/c1-2-35-22-10-15(9-19(25)23(22)36-14-17-6-4-3-5-16(17)12-29)13-30-31-20-8-7-18(24(26,27)28)11-21(20)32(33)34/h3-11,13,31H,2,14H2,1H3/b30-13-. The number of nitro groups is 1. The molecule has 36 heavy (non-hydrogen) atoms. The van der Waals surface area contributed by atoms with Crippen molar-refractivity contribution in [2.75, 3.05) is 12.0 Å². The molecule has 0 heterocycles. The molecule has 0 atom stereocenters. The summed E-state index contributed by atoms with van der Waals surface area (Å²) in [7, 11) is 0. The highest BCUT2D eigenvalue weighted by Crippen LogP contribution is 2.37. The van der Waals surface area contributed by atoms with Crippen LogP contribution in [0.5, 0.6) is 11.5 Å². The number of rotatable bonds is 9. The van der Waals surface area contributed by atoms with E-state index < -0.39 is 22.4 Å². The van der Waals surface area contributed by atoms with Crippen molar-refractivity contribution in [2.45, 2.75) is 19.7 Å². The zero-order chi connectivity index (χ0) is 26.3. The first-order valence-electron chi connectivity index (χ1n) is 10.4. The minimum atomic E-state index is -4.72. The number of benzene rings is 3. The second-order valence-corrected chi connectivity index (χ2v) is 7.58. The Morgan fingerprint density at radius 1 is 1.19 bits per heavy atom. The van der Waals surface area contributed by atoms with Crippen molar-refractivity contribution < 1.29 is 27.6 Å². The van der Waals surface area contributed by atoms with E-state index in [1.54, 1.807) is 37.3 Å². The third kappa shape index (κ3) is 6.43. The highest BCUT2D eigenvalue weighted by molar-refractivity contribution is 6.32. The summed E-state index contributed by atoms with van der Waals surface area (Å²) < 4.78 is 50.1. The summed E-state index contributed by atoms with van der Waals surface area (Å²) >= 11 is 6.39. The molecule has 0 aliphatic heterocycles. The Kier molecular flexibility index (Phi) is 8.34. The van der Waals surface area contributed by atoms with Crippen molar-refractivity contribution in [3.63, 3.8) is 0 Å². The van der Waals surface area contributed by atoms with Crippen molar-refractivity contribution in [1.29, 1.82) is 5.26 Å². The van der Waals surface area contributed by atoms with Crippen LogP contribution < -0.4 is 14.9 Å². The summed E-state index contributed by atoms with van der Waals surface area (Å²) in [6, 6.07) is 14.1. The molecule has 0 fully saturated rings. The summed E-state index contributed by atoms with van der Waals surface area (Å²) in [6.07, 6.45) is -3.45. The predicted molar refractivity (Wildman–Crippen MR) is 127 cm³/mol. The molecule has 0 saturated carbocycles. The van der Waals surface area contributed by atoms with Gasteiger partial charge >= 0.3 is 6.18 Å². The van der Waals surface area contributed by atoms with Crippen LogP contribution in [0.3, 0.4) is 0 Å². The van der Waals surface area contributed by atoms with Gasteiger partial charge in [-0.15, -0.1) is 0 Å². The highest BCUT2D eigenvalue weighted by Gasteiger charge is 2.33. The van der Waals surface area contributed by atoms with Gasteiger partial charge in [0.2, 0.25) is 0 Å². The van der Waals surface area contributed by atoms with Crippen LogP contribution in [0.1, 0.15) is 29.2 Å². The molecule has 186 valence electrons. The molecule has 3 aromatic rings. The Morgan fingerprint density at radius 2 is 1.94 bits per heavy atom. The number of nitrogens with one attached hydrogen (secondary N) is 1. The van der Waals surface area contributed by atoms with Crippen LogP contribution in [0, 0.1) is 21.4 Å². The Hall–Kier alpha value is -4.30. The molecule has 0 bridgehead atoms. The van der Waals surface area contributed by atoms with E-state index in [0.29, 0.717) is 34.6 Å². The van der Waals surface area contributed by atoms with E-state index in [1.807, 2.05) is 0 Å². The van der Waals surface area contributed by atoms with Gasteiger partial charge in [-0.25, -0.2) is 0 Å². The molecule has 8 nitrogen and oxygen atoms in total. The number of nitriles is 1. The largest absolute Gasteiger partial charge is 0.490 e. The number of anilines is 1. The minimum absolute atomic E-state index is 0.0656. The molecule has 0 spiro atoms. The van der Waals surface area contributed by atoms with Gasteiger partial charge in [-0.2, -0.15) is 23.5 Å². The van der Waals surface area contributed by atoms with Gasteiger partial charge in [-0.1, -0.05) is 29.8 Å². The second kappa shape index (κ2) is 11.4. The molecule has 0 radical (unpaired) electrons. The number of ether oxygens (including phenoxy) is 2. The third-order valence-electron chi connectivity index (χ3n) is 4.76. The third-order valence-corrected chi connectivity index (χ3v) is 5.04. The van der Waals surface area contributed by atoms with E-state index in [4.69, 9.17) is 21.1 Å². The number of hydrogen-bond acceptors (Lipinski definition) is 7. The highest BCUT2D eigenvalue weighted by atomic mass is 35.5. The van der Waals surface area contributed by atoms with Crippen LogP contribution in [-0.4, -0.2) is 17.7 Å². The number of nitro benzene ring substituents is 1. The fourth-order valence-corrected chi connectivity index (χ4v) is 3.37. The van der Waals surface area contributed by atoms with Gasteiger partial charge < -0.3 is 9.47 Å². The van der Waals surface area contributed by atoms with Crippen molar-refractivity contribution in [2.24, 2.45) is 5.10 Å². The Morgan fingerprint density at radius 3 is 2.61 bits per heavy atom. The van der Waals surface area contributed by atoms with E-state index in [1.165, 1.54) is 12.3 Å². The predicted octanol–water partition coefficient (Wildman–Crippen LogP) is 6.56. The summed E-state index contributed by atoms with van der Waals surface area (Å²) in [5.41, 5.74) is 1.77. The summed E-state index contributed by atoms with van der Waals surface area (Å²) in [4.78, 5) is 10.3. The lowest BCUT2D eigenvalue weighted by atomic mass is 10.1. The number of hydrazone groups is 1. The van der Waals surface area contributed by atoms with Gasteiger partial charge in [0.25, 0.3) is 5.69 Å². The lowest BCUT2D eigenvalue weighted by molar-refractivity contribution is -0.384. The van der Waals surface area contributed by atoms with Crippen molar-refractivity contribution in [3.05, 3.63) is 92.0 Å². The molecule has 1 N–H and O–H groups in total. The topological polar surface area (TPSA) is 110 Å². The number of halogens is 4. The molecular formula is C24H18ClF3N4O4. The first-order valence-corrected chi connectivity index (χ1v) is 10.7. The van der Waals surface area contributed by atoms with Gasteiger partial charge in [-0.3, -0.25) is 15.5 Å². The molecule has 0 aliphatic rings. The molecule has 3 aromatic carbocycles. The van der Waals surface area contributed by atoms with Gasteiger partial charge in [0, 0.05) is 11.6 Å². The zero-order valence-electron chi connectivity index (χ0n) is 18.7.